The standard InChI is InChI=1S/C20H21FN6O4/c1-20(2,29)11-23-19-15(27(30)31)9-14(21)18(25-19)24-16-5-4-13(10-22-16)12-6-7-26(3)17(28)8-12/h4-10,29H,11H2,1-3H3,(H2,22,23,24,25). The van der Waals surface area contributed by atoms with Crippen molar-refractivity contribution >= 4 is 23.1 Å². The summed E-state index contributed by atoms with van der Waals surface area (Å²) in [5, 5.41) is 26.4. The van der Waals surface area contributed by atoms with Gasteiger partial charge in [-0.2, -0.15) is 0 Å². The second-order valence-electron chi connectivity index (χ2n) is 7.53. The average Bonchev–Trinajstić information content (AvgIpc) is 2.70. The van der Waals surface area contributed by atoms with Gasteiger partial charge in [0.2, 0.25) is 5.82 Å². The number of nitrogens with zero attached hydrogens (tertiary/aromatic N) is 4. The van der Waals surface area contributed by atoms with E-state index in [9.17, 15) is 24.4 Å². The quantitative estimate of drug-likeness (QED) is 0.386. The number of nitrogens with one attached hydrogen (secondary N) is 2. The first-order valence-corrected chi connectivity index (χ1v) is 9.25. The lowest BCUT2D eigenvalue weighted by Gasteiger charge is -2.18. The molecule has 11 heteroatoms. The number of halogens is 1. The summed E-state index contributed by atoms with van der Waals surface area (Å²) in [4.78, 5) is 30.4. The molecular weight excluding hydrogens is 407 g/mol. The molecule has 0 bridgehead atoms. The van der Waals surface area contributed by atoms with Gasteiger partial charge in [-0.3, -0.25) is 14.9 Å². The van der Waals surface area contributed by atoms with E-state index in [0.29, 0.717) is 11.1 Å². The van der Waals surface area contributed by atoms with Gasteiger partial charge in [0, 0.05) is 37.6 Å². The number of hydrogen-bond acceptors (Lipinski definition) is 8. The molecule has 0 aliphatic heterocycles. The minimum Gasteiger partial charge on any atom is -0.389 e. The largest absolute Gasteiger partial charge is 0.389 e. The number of rotatable bonds is 7. The zero-order valence-electron chi connectivity index (χ0n) is 17.1. The second kappa shape index (κ2) is 8.48. The summed E-state index contributed by atoms with van der Waals surface area (Å²) in [7, 11) is 1.65. The van der Waals surface area contributed by atoms with Crippen LogP contribution in [-0.2, 0) is 7.05 Å². The monoisotopic (exact) mass is 428 g/mol. The first kappa shape index (κ1) is 21.8. The summed E-state index contributed by atoms with van der Waals surface area (Å²) in [5.41, 5.74) is -0.509. The third-order valence-electron chi connectivity index (χ3n) is 4.29. The van der Waals surface area contributed by atoms with Crippen LogP contribution in [0.25, 0.3) is 11.1 Å². The van der Waals surface area contributed by atoms with Crippen molar-refractivity contribution in [2.75, 3.05) is 17.2 Å². The van der Waals surface area contributed by atoms with E-state index in [1.54, 1.807) is 31.4 Å². The van der Waals surface area contributed by atoms with E-state index in [2.05, 4.69) is 20.6 Å². The molecule has 3 aromatic heterocycles. The smallest absolute Gasteiger partial charge is 0.314 e. The van der Waals surface area contributed by atoms with Crippen molar-refractivity contribution in [3.63, 3.8) is 0 Å². The highest BCUT2D eigenvalue weighted by molar-refractivity contribution is 5.66. The zero-order valence-corrected chi connectivity index (χ0v) is 17.1. The molecule has 10 nitrogen and oxygen atoms in total. The van der Waals surface area contributed by atoms with Crippen molar-refractivity contribution < 1.29 is 14.4 Å². The van der Waals surface area contributed by atoms with Crippen LogP contribution in [-0.4, -0.2) is 36.7 Å². The van der Waals surface area contributed by atoms with Crippen LogP contribution < -0.4 is 16.2 Å². The fourth-order valence-electron chi connectivity index (χ4n) is 2.62. The van der Waals surface area contributed by atoms with Crippen LogP contribution in [0.15, 0.2) is 47.5 Å². The highest BCUT2D eigenvalue weighted by atomic mass is 19.1. The normalized spacial score (nSPS) is 11.3. The summed E-state index contributed by atoms with van der Waals surface area (Å²) in [6.45, 7) is 3.00. The molecule has 0 aliphatic carbocycles. The number of nitro groups is 1. The number of anilines is 3. The lowest BCUT2D eigenvalue weighted by molar-refractivity contribution is -0.384. The van der Waals surface area contributed by atoms with Crippen molar-refractivity contribution in [2.45, 2.75) is 19.4 Å². The van der Waals surface area contributed by atoms with E-state index in [4.69, 9.17) is 0 Å². The highest BCUT2D eigenvalue weighted by Gasteiger charge is 2.22. The Kier molecular flexibility index (Phi) is 5.97. The predicted molar refractivity (Wildman–Crippen MR) is 114 cm³/mol. The molecule has 0 radical (unpaired) electrons. The van der Waals surface area contributed by atoms with Crippen LogP contribution >= 0.6 is 0 Å². The first-order valence-electron chi connectivity index (χ1n) is 9.25. The van der Waals surface area contributed by atoms with E-state index < -0.39 is 22.0 Å². The molecule has 0 saturated heterocycles. The maximum Gasteiger partial charge on any atom is 0.314 e. The predicted octanol–water partition coefficient (Wildman–Crippen LogP) is 2.82. The van der Waals surface area contributed by atoms with Crippen LogP contribution in [0.5, 0.6) is 0 Å². The molecule has 0 unspecified atom stereocenters. The summed E-state index contributed by atoms with van der Waals surface area (Å²) in [6, 6.07) is 7.25. The Bertz CT molecular complexity index is 1170. The Labute approximate surface area is 176 Å². The summed E-state index contributed by atoms with van der Waals surface area (Å²) < 4.78 is 15.8. The highest BCUT2D eigenvalue weighted by Crippen LogP contribution is 2.29. The Morgan fingerprint density at radius 1 is 1.23 bits per heavy atom. The molecule has 0 aliphatic rings. The lowest BCUT2D eigenvalue weighted by atomic mass is 10.1. The van der Waals surface area contributed by atoms with Gasteiger partial charge >= 0.3 is 5.69 Å². The fourth-order valence-corrected chi connectivity index (χ4v) is 2.62. The van der Waals surface area contributed by atoms with Gasteiger partial charge in [-0.25, -0.2) is 14.4 Å². The van der Waals surface area contributed by atoms with Gasteiger partial charge in [-0.15, -0.1) is 0 Å². The zero-order chi connectivity index (χ0) is 22.8. The van der Waals surface area contributed by atoms with Crippen molar-refractivity contribution in [1.29, 1.82) is 0 Å². The molecule has 0 amide bonds. The van der Waals surface area contributed by atoms with Crippen LogP contribution in [0, 0.1) is 15.9 Å². The molecule has 162 valence electrons. The molecule has 0 saturated carbocycles. The van der Waals surface area contributed by atoms with Crippen molar-refractivity contribution in [1.82, 2.24) is 14.5 Å². The van der Waals surface area contributed by atoms with E-state index in [1.165, 1.54) is 30.7 Å². The summed E-state index contributed by atoms with van der Waals surface area (Å²) in [6.07, 6.45) is 3.15. The first-order chi connectivity index (χ1) is 14.5. The molecule has 3 aromatic rings. The second-order valence-corrected chi connectivity index (χ2v) is 7.53. The molecule has 3 heterocycles. The number of pyridine rings is 3. The van der Waals surface area contributed by atoms with E-state index in [-0.39, 0.29) is 29.6 Å². The Morgan fingerprint density at radius 2 is 1.97 bits per heavy atom. The van der Waals surface area contributed by atoms with Crippen LogP contribution in [0.3, 0.4) is 0 Å². The van der Waals surface area contributed by atoms with Gasteiger partial charge < -0.3 is 20.3 Å². The fraction of sp³-hybridized carbons (Fsp3) is 0.250. The van der Waals surface area contributed by atoms with Crippen molar-refractivity contribution in [3.8, 4) is 11.1 Å². The van der Waals surface area contributed by atoms with Crippen LogP contribution in [0.2, 0.25) is 0 Å². The molecule has 3 rings (SSSR count). The van der Waals surface area contributed by atoms with Crippen molar-refractivity contribution in [2.24, 2.45) is 7.05 Å². The Hall–Kier alpha value is -3.86. The molecule has 0 atom stereocenters. The van der Waals surface area contributed by atoms with Gasteiger partial charge in [0.05, 0.1) is 16.6 Å². The average molecular weight is 428 g/mol. The summed E-state index contributed by atoms with van der Waals surface area (Å²) >= 11 is 0. The Balaban J connectivity index is 1.86. The minimum absolute atomic E-state index is 0.0323. The van der Waals surface area contributed by atoms with Gasteiger partial charge in [-0.1, -0.05) is 0 Å². The summed E-state index contributed by atoms with van der Waals surface area (Å²) in [5.74, 6) is -1.13. The maximum atomic E-state index is 14.4. The topological polar surface area (TPSA) is 135 Å². The van der Waals surface area contributed by atoms with Gasteiger partial charge in [-0.05, 0) is 37.6 Å². The van der Waals surface area contributed by atoms with Gasteiger partial charge in [0.25, 0.3) is 5.56 Å². The van der Waals surface area contributed by atoms with Crippen molar-refractivity contribution in [3.05, 3.63) is 69.0 Å². The third kappa shape index (κ3) is 5.39. The molecule has 31 heavy (non-hydrogen) atoms. The molecule has 3 N–H and O–H groups in total. The maximum absolute atomic E-state index is 14.4. The van der Waals surface area contributed by atoms with E-state index in [1.807, 2.05) is 0 Å². The molecule has 0 fully saturated rings. The number of aromatic nitrogens is 3. The molecular formula is C20H21FN6O4. The van der Waals surface area contributed by atoms with Crippen LogP contribution in [0.4, 0.5) is 27.5 Å². The lowest BCUT2D eigenvalue weighted by Crippen LogP contribution is -2.30. The molecule has 0 aromatic carbocycles. The van der Waals surface area contributed by atoms with Gasteiger partial charge in [0.15, 0.2) is 11.6 Å². The third-order valence-corrected chi connectivity index (χ3v) is 4.29. The number of aliphatic hydroxyl groups is 1. The number of hydrogen-bond donors (Lipinski definition) is 3. The van der Waals surface area contributed by atoms with E-state index in [0.717, 1.165) is 6.07 Å². The van der Waals surface area contributed by atoms with Crippen LogP contribution in [0.1, 0.15) is 13.8 Å². The number of aryl methyl sites for hydroxylation is 1. The van der Waals surface area contributed by atoms with Gasteiger partial charge in [0.1, 0.15) is 5.82 Å². The SMILES string of the molecule is Cn1ccc(-c2ccc(Nc3nc(NCC(C)(C)O)c([N+](=O)[O-])cc3F)nc2)cc1=O. The van der Waals surface area contributed by atoms with E-state index >= 15 is 0 Å². The Morgan fingerprint density at radius 3 is 2.55 bits per heavy atom. The minimum atomic E-state index is -1.16. The molecule has 0 spiro atoms.